The van der Waals surface area contributed by atoms with Gasteiger partial charge in [0.05, 0.1) is 12.1 Å². The van der Waals surface area contributed by atoms with Gasteiger partial charge < -0.3 is 9.63 Å². The Labute approximate surface area is 123 Å². The first-order valence-electron chi connectivity index (χ1n) is 7.47. The quantitative estimate of drug-likeness (QED) is 0.931. The Morgan fingerprint density at radius 1 is 1.29 bits per heavy atom. The first kappa shape index (κ1) is 13.0. The third-order valence-corrected chi connectivity index (χ3v) is 4.47. The molecule has 5 nitrogen and oxygen atoms in total. The third-order valence-electron chi connectivity index (χ3n) is 4.47. The number of aliphatic hydroxyl groups is 1. The minimum atomic E-state index is -0.459. The average Bonchev–Trinajstić information content (AvgIpc) is 3.19. The summed E-state index contributed by atoms with van der Waals surface area (Å²) in [6, 6.07) is 8.08. The molecule has 0 unspecified atom stereocenters. The van der Waals surface area contributed by atoms with E-state index in [2.05, 4.69) is 22.0 Å². The van der Waals surface area contributed by atoms with Crippen LogP contribution in [-0.4, -0.2) is 38.8 Å². The van der Waals surface area contributed by atoms with E-state index in [9.17, 15) is 5.11 Å². The van der Waals surface area contributed by atoms with Gasteiger partial charge in [-0.2, -0.15) is 4.98 Å². The highest BCUT2D eigenvalue weighted by Gasteiger charge is 2.51. The molecule has 0 radical (unpaired) electrons. The largest absolute Gasteiger partial charge is 0.387 e. The Hall–Kier alpha value is -1.72. The van der Waals surface area contributed by atoms with E-state index >= 15 is 0 Å². The molecule has 2 aromatic rings. The number of hydrogen-bond donors (Lipinski definition) is 1. The van der Waals surface area contributed by atoms with Crippen LogP contribution in [-0.2, 0) is 6.54 Å². The zero-order chi connectivity index (χ0) is 14.4. The summed E-state index contributed by atoms with van der Waals surface area (Å²) in [5.41, 5.74) is 1.72. The molecule has 5 heteroatoms. The molecule has 2 fully saturated rings. The van der Waals surface area contributed by atoms with E-state index in [-0.39, 0.29) is 0 Å². The van der Waals surface area contributed by atoms with Crippen LogP contribution >= 0.6 is 0 Å². The van der Waals surface area contributed by atoms with Gasteiger partial charge in [0.15, 0.2) is 0 Å². The average molecular weight is 285 g/mol. The molecule has 110 valence electrons. The van der Waals surface area contributed by atoms with E-state index in [1.807, 2.05) is 24.3 Å². The molecule has 0 amide bonds. The molecule has 0 spiro atoms. The van der Waals surface area contributed by atoms with E-state index in [0.717, 1.165) is 18.7 Å². The predicted octanol–water partition coefficient (Wildman–Crippen LogP) is 2.00. The summed E-state index contributed by atoms with van der Waals surface area (Å²) in [5, 5.41) is 14.3. The summed E-state index contributed by atoms with van der Waals surface area (Å²) in [4.78, 5) is 6.60. The van der Waals surface area contributed by atoms with Crippen LogP contribution < -0.4 is 0 Å². The van der Waals surface area contributed by atoms with Crippen LogP contribution in [0.4, 0.5) is 0 Å². The number of aromatic nitrogens is 2. The van der Waals surface area contributed by atoms with Crippen molar-refractivity contribution in [3.05, 3.63) is 35.7 Å². The second kappa shape index (κ2) is 4.64. The van der Waals surface area contributed by atoms with Gasteiger partial charge in [0.25, 0.3) is 0 Å². The van der Waals surface area contributed by atoms with Crippen LogP contribution in [0.5, 0.6) is 0 Å². The highest BCUT2D eigenvalue weighted by molar-refractivity contribution is 5.54. The number of aryl methyl sites for hydroxylation is 1. The highest BCUT2D eigenvalue weighted by atomic mass is 16.5. The Bertz CT molecular complexity index is 640. The lowest BCUT2D eigenvalue weighted by Crippen LogP contribution is -2.62. The molecule has 1 saturated heterocycles. The molecule has 1 saturated carbocycles. The maximum atomic E-state index is 10.3. The second-order valence-electron chi connectivity index (χ2n) is 6.40. The Kier molecular flexibility index (Phi) is 2.87. The summed E-state index contributed by atoms with van der Waals surface area (Å²) in [6.45, 7) is 4.12. The molecule has 4 rings (SSSR count). The monoisotopic (exact) mass is 285 g/mol. The SMILES string of the molecule is Cc1ccc(-c2noc(CN3CC(O)(C4CC4)C3)n2)cc1. The summed E-state index contributed by atoms with van der Waals surface area (Å²) < 4.78 is 5.32. The van der Waals surface area contributed by atoms with Crippen molar-refractivity contribution in [1.82, 2.24) is 15.0 Å². The normalized spacial score (nSPS) is 21.2. The molecule has 0 bridgehead atoms. The molecular formula is C16H19N3O2. The first-order chi connectivity index (χ1) is 10.1. The first-order valence-corrected chi connectivity index (χ1v) is 7.47. The standard InChI is InChI=1S/C16H19N3O2/c1-11-2-4-12(5-3-11)15-17-14(21-18-15)8-19-9-16(20,10-19)13-6-7-13/h2-5,13,20H,6-10H2,1H3. The van der Waals surface area contributed by atoms with Crippen molar-refractivity contribution in [1.29, 1.82) is 0 Å². The van der Waals surface area contributed by atoms with Gasteiger partial charge in [-0.15, -0.1) is 0 Å². The summed E-state index contributed by atoms with van der Waals surface area (Å²) in [5.74, 6) is 1.76. The Balaban J connectivity index is 1.40. The van der Waals surface area contributed by atoms with Crippen molar-refractivity contribution in [2.45, 2.75) is 31.9 Å². The number of hydrogen-bond acceptors (Lipinski definition) is 5. The van der Waals surface area contributed by atoms with Crippen molar-refractivity contribution < 1.29 is 9.63 Å². The zero-order valence-corrected chi connectivity index (χ0v) is 12.1. The number of benzene rings is 1. The molecule has 2 heterocycles. The molecule has 0 atom stereocenters. The van der Waals surface area contributed by atoms with Gasteiger partial charge in [-0.05, 0) is 25.7 Å². The number of likely N-dealkylation sites (tertiary alicyclic amines) is 1. The summed E-state index contributed by atoms with van der Waals surface area (Å²) >= 11 is 0. The fraction of sp³-hybridized carbons (Fsp3) is 0.500. The van der Waals surface area contributed by atoms with Gasteiger partial charge in [0.2, 0.25) is 11.7 Å². The second-order valence-corrected chi connectivity index (χ2v) is 6.40. The summed E-state index contributed by atoms with van der Waals surface area (Å²) in [7, 11) is 0. The number of nitrogens with zero attached hydrogens (tertiary/aromatic N) is 3. The molecule has 1 aliphatic heterocycles. The van der Waals surface area contributed by atoms with E-state index in [4.69, 9.17) is 4.52 Å². The van der Waals surface area contributed by atoms with Crippen LogP contribution in [0, 0.1) is 12.8 Å². The molecule has 1 N–H and O–H groups in total. The van der Waals surface area contributed by atoms with Crippen LogP contribution in [0.2, 0.25) is 0 Å². The van der Waals surface area contributed by atoms with E-state index in [1.165, 1.54) is 18.4 Å². The number of rotatable bonds is 4. The van der Waals surface area contributed by atoms with Gasteiger partial charge in [0, 0.05) is 18.7 Å². The minimum absolute atomic E-state index is 0.459. The van der Waals surface area contributed by atoms with Gasteiger partial charge in [-0.25, -0.2) is 0 Å². The fourth-order valence-corrected chi connectivity index (χ4v) is 3.05. The van der Waals surface area contributed by atoms with Gasteiger partial charge in [0.1, 0.15) is 0 Å². The van der Waals surface area contributed by atoms with Crippen molar-refractivity contribution >= 4 is 0 Å². The molecule has 1 aromatic heterocycles. The van der Waals surface area contributed by atoms with Gasteiger partial charge in [-0.1, -0.05) is 35.0 Å². The minimum Gasteiger partial charge on any atom is -0.387 e. The van der Waals surface area contributed by atoms with Gasteiger partial charge in [-0.3, -0.25) is 4.90 Å². The van der Waals surface area contributed by atoms with Crippen LogP contribution in [0.25, 0.3) is 11.4 Å². The van der Waals surface area contributed by atoms with Gasteiger partial charge >= 0.3 is 0 Å². The predicted molar refractivity (Wildman–Crippen MR) is 77.4 cm³/mol. The molecule has 21 heavy (non-hydrogen) atoms. The molecule has 2 aliphatic rings. The maximum Gasteiger partial charge on any atom is 0.241 e. The lowest BCUT2D eigenvalue weighted by molar-refractivity contribution is -0.119. The van der Waals surface area contributed by atoms with E-state index in [1.54, 1.807) is 0 Å². The molecular weight excluding hydrogens is 266 g/mol. The van der Waals surface area contributed by atoms with E-state index < -0.39 is 5.60 Å². The maximum absolute atomic E-state index is 10.3. The zero-order valence-electron chi connectivity index (χ0n) is 12.1. The van der Waals surface area contributed by atoms with Crippen molar-refractivity contribution in [2.75, 3.05) is 13.1 Å². The van der Waals surface area contributed by atoms with Crippen LogP contribution in [0.1, 0.15) is 24.3 Å². The lowest BCUT2D eigenvalue weighted by atomic mass is 9.89. The summed E-state index contributed by atoms with van der Waals surface area (Å²) in [6.07, 6.45) is 2.34. The number of β-amino-alcohol motifs (C(OH)–C–C–N with tert-alkyl or cyclic N) is 1. The van der Waals surface area contributed by atoms with Crippen LogP contribution in [0.3, 0.4) is 0 Å². The smallest absolute Gasteiger partial charge is 0.241 e. The lowest BCUT2D eigenvalue weighted by Gasteiger charge is -2.46. The molecule has 1 aromatic carbocycles. The molecule has 1 aliphatic carbocycles. The van der Waals surface area contributed by atoms with Crippen molar-refractivity contribution in [3.63, 3.8) is 0 Å². The topological polar surface area (TPSA) is 62.4 Å². The fourth-order valence-electron chi connectivity index (χ4n) is 3.05. The Morgan fingerprint density at radius 3 is 2.67 bits per heavy atom. The van der Waals surface area contributed by atoms with Crippen LogP contribution in [0.15, 0.2) is 28.8 Å². The third kappa shape index (κ3) is 2.47. The van der Waals surface area contributed by atoms with E-state index in [0.29, 0.717) is 24.2 Å². The van der Waals surface area contributed by atoms with Crippen molar-refractivity contribution in [3.8, 4) is 11.4 Å². The van der Waals surface area contributed by atoms with Crippen molar-refractivity contribution in [2.24, 2.45) is 5.92 Å². The Morgan fingerprint density at radius 2 is 2.00 bits per heavy atom. The highest BCUT2D eigenvalue weighted by Crippen LogP contribution is 2.44.